The van der Waals surface area contributed by atoms with Crippen molar-refractivity contribution in [3.05, 3.63) is 24.3 Å². The van der Waals surface area contributed by atoms with Gasteiger partial charge in [0, 0.05) is 31.3 Å². The average Bonchev–Trinajstić information content (AvgIpc) is 2.49. The largest absolute Gasteiger partial charge is 0.460 e. The number of hydrogen-bond donors (Lipinski definition) is 2. The maximum absolute atomic E-state index is 11.9. The minimum atomic E-state index is -0.416. The Labute approximate surface area is 145 Å². The summed E-state index contributed by atoms with van der Waals surface area (Å²) in [5.41, 5.74) is 1.41. The van der Waals surface area contributed by atoms with E-state index in [-0.39, 0.29) is 11.9 Å². The Morgan fingerprint density at radius 2 is 1.46 bits per heavy atom. The van der Waals surface area contributed by atoms with E-state index in [9.17, 15) is 9.59 Å². The van der Waals surface area contributed by atoms with E-state index in [1.54, 1.807) is 0 Å². The van der Waals surface area contributed by atoms with E-state index in [2.05, 4.69) is 10.6 Å². The first-order valence-corrected chi connectivity index (χ1v) is 8.59. The van der Waals surface area contributed by atoms with Crippen LogP contribution in [0.15, 0.2) is 24.3 Å². The fourth-order valence-electron chi connectivity index (χ4n) is 2.24. The van der Waals surface area contributed by atoms with E-state index < -0.39 is 5.60 Å². The number of anilines is 2. The highest BCUT2D eigenvalue weighted by molar-refractivity contribution is 5.90. The maximum atomic E-state index is 11.9. The van der Waals surface area contributed by atoms with Crippen molar-refractivity contribution in [1.82, 2.24) is 0 Å². The Bertz CT molecular complexity index is 518. The van der Waals surface area contributed by atoms with Gasteiger partial charge in [0.05, 0.1) is 0 Å². The Morgan fingerprint density at radius 3 is 2.00 bits per heavy atom. The number of hydrogen-bond acceptors (Lipinski definition) is 4. The van der Waals surface area contributed by atoms with Gasteiger partial charge in [-0.15, -0.1) is 0 Å². The van der Waals surface area contributed by atoms with Crippen LogP contribution in [0.2, 0.25) is 0 Å². The monoisotopic (exact) mass is 334 g/mol. The first kappa shape index (κ1) is 20.0. The minimum Gasteiger partial charge on any atom is -0.460 e. The van der Waals surface area contributed by atoms with Gasteiger partial charge in [-0.25, -0.2) is 0 Å². The summed E-state index contributed by atoms with van der Waals surface area (Å²) in [6, 6.07) is 7.60. The molecular weight excluding hydrogens is 304 g/mol. The van der Waals surface area contributed by atoms with E-state index >= 15 is 0 Å². The number of carbonyl (C=O) groups is 2. The summed E-state index contributed by atoms with van der Waals surface area (Å²) in [4.78, 5) is 23.4. The zero-order valence-corrected chi connectivity index (χ0v) is 15.3. The number of ether oxygens (including phenoxy) is 1. The fourth-order valence-corrected chi connectivity index (χ4v) is 2.24. The lowest BCUT2D eigenvalue weighted by atomic mass is 10.1. The van der Waals surface area contributed by atoms with Crippen molar-refractivity contribution in [2.45, 2.75) is 64.9 Å². The number of benzene rings is 1. The third-order valence-corrected chi connectivity index (χ3v) is 3.41. The molecule has 0 saturated heterocycles. The van der Waals surface area contributed by atoms with Gasteiger partial charge < -0.3 is 15.4 Å². The summed E-state index contributed by atoms with van der Waals surface area (Å²) in [6.07, 6.45) is 4.45. The van der Waals surface area contributed by atoms with Crippen LogP contribution in [0.3, 0.4) is 0 Å². The molecule has 0 heterocycles. The summed E-state index contributed by atoms with van der Waals surface area (Å²) in [6.45, 7) is 5.61. The standard InChI is InChI=1S/C19H30N2O3/c1-19(2,3)24-18(23)10-8-6-5-7-9-17(22)21-16-13-11-15(20-4)12-14-16/h11-14,20H,5-10H2,1-4H3,(H,21,22). The van der Waals surface area contributed by atoms with Crippen LogP contribution in [-0.4, -0.2) is 24.5 Å². The molecule has 0 aliphatic carbocycles. The topological polar surface area (TPSA) is 67.4 Å². The third-order valence-electron chi connectivity index (χ3n) is 3.41. The SMILES string of the molecule is CNc1ccc(NC(=O)CCCCCCC(=O)OC(C)(C)C)cc1. The van der Waals surface area contributed by atoms with Gasteiger partial charge in [0.2, 0.25) is 5.91 Å². The van der Waals surface area contributed by atoms with E-state index in [1.807, 2.05) is 52.1 Å². The van der Waals surface area contributed by atoms with Crippen molar-refractivity contribution >= 4 is 23.3 Å². The van der Waals surface area contributed by atoms with Crippen LogP contribution in [0.25, 0.3) is 0 Å². The lowest BCUT2D eigenvalue weighted by Gasteiger charge is -2.19. The highest BCUT2D eigenvalue weighted by Crippen LogP contribution is 2.14. The summed E-state index contributed by atoms with van der Waals surface area (Å²) >= 11 is 0. The Balaban J connectivity index is 2.10. The molecule has 0 spiro atoms. The number of carbonyl (C=O) groups excluding carboxylic acids is 2. The molecule has 0 bridgehead atoms. The number of amides is 1. The number of rotatable bonds is 9. The predicted octanol–water partition coefficient (Wildman–Crippen LogP) is 4.35. The highest BCUT2D eigenvalue weighted by atomic mass is 16.6. The Hall–Kier alpha value is -2.04. The van der Waals surface area contributed by atoms with Crippen molar-refractivity contribution in [2.75, 3.05) is 17.7 Å². The van der Waals surface area contributed by atoms with Crippen LogP contribution in [0.1, 0.15) is 59.3 Å². The molecule has 5 nitrogen and oxygen atoms in total. The zero-order chi connectivity index (χ0) is 18.0. The molecule has 0 unspecified atom stereocenters. The number of unbranched alkanes of at least 4 members (excludes halogenated alkanes) is 3. The van der Waals surface area contributed by atoms with Crippen molar-refractivity contribution in [1.29, 1.82) is 0 Å². The lowest BCUT2D eigenvalue weighted by molar-refractivity contribution is -0.154. The molecule has 1 rings (SSSR count). The maximum Gasteiger partial charge on any atom is 0.306 e. The van der Waals surface area contributed by atoms with E-state index in [0.717, 1.165) is 37.1 Å². The van der Waals surface area contributed by atoms with Crippen LogP contribution < -0.4 is 10.6 Å². The van der Waals surface area contributed by atoms with Gasteiger partial charge in [-0.05, 0) is 57.9 Å². The molecule has 0 fully saturated rings. The molecule has 134 valence electrons. The van der Waals surface area contributed by atoms with Crippen LogP contribution in [-0.2, 0) is 14.3 Å². The van der Waals surface area contributed by atoms with Crippen molar-refractivity contribution in [3.63, 3.8) is 0 Å². The van der Waals surface area contributed by atoms with E-state index in [4.69, 9.17) is 4.74 Å². The second-order valence-electron chi connectivity index (χ2n) is 6.88. The molecule has 0 radical (unpaired) electrons. The van der Waals surface area contributed by atoms with Crippen LogP contribution >= 0.6 is 0 Å². The van der Waals surface area contributed by atoms with Gasteiger partial charge in [0.1, 0.15) is 5.60 Å². The first-order chi connectivity index (χ1) is 11.3. The summed E-state index contributed by atoms with van der Waals surface area (Å²) in [5.74, 6) is -0.121. The molecule has 2 N–H and O–H groups in total. The second-order valence-corrected chi connectivity index (χ2v) is 6.88. The van der Waals surface area contributed by atoms with Gasteiger partial charge in [0.25, 0.3) is 0 Å². The molecule has 24 heavy (non-hydrogen) atoms. The Kier molecular flexibility index (Phi) is 8.30. The van der Waals surface area contributed by atoms with Gasteiger partial charge in [-0.3, -0.25) is 9.59 Å². The number of nitrogens with one attached hydrogen (secondary N) is 2. The molecule has 0 aromatic heterocycles. The number of esters is 1. The zero-order valence-electron chi connectivity index (χ0n) is 15.3. The molecule has 1 aromatic rings. The van der Waals surface area contributed by atoms with Crippen LogP contribution in [0.4, 0.5) is 11.4 Å². The quantitative estimate of drug-likeness (QED) is 0.520. The molecule has 0 atom stereocenters. The lowest BCUT2D eigenvalue weighted by Crippen LogP contribution is -2.23. The normalized spacial score (nSPS) is 11.0. The molecule has 5 heteroatoms. The molecule has 0 aliphatic rings. The molecule has 0 saturated carbocycles. The van der Waals surface area contributed by atoms with Gasteiger partial charge in [-0.2, -0.15) is 0 Å². The smallest absolute Gasteiger partial charge is 0.306 e. The van der Waals surface area contributed by atoms with Crippen molar-refractivity contribution < 1.29 is 14.3 Å². The van der Waals surface area contributed by atoms with E-state index in [1.165, 1.54) is 0 Å². The van der Waals surface area contributed by atoms with E-state index in [0.29, 0.717) is 12.8 Å². The average molecular weight is 334 g/mol. The minimum absolute atomic E-state index is 0.0272. The van der Waals surface area contributed by atoms with Gasteiger partial charge in [0.15, 0.2) is 0 Å². The molecular formula is C19H30N2O3. The van der Waals surface area contributed by atoms with Crippen LogP contribution in [0.5, 0.6) is 0 Å². The summed E-state index contributed by atoms with van der Waals surface area (Å²) in [5, 5.41) is 5.92. The third kappa shape index (κ3) is 9.18. The fraction of sp³-hybridized carbons (Fsp3) is 0.579. The van der Waals surface area contributed by atoms with Crippen molar-refractivity contribution in [3.8, 4) is 0 Å². The first-order valence-electron chi connectivity index (χ1n) is 8.59. The van der Waals surface area contributed by atoms with Gasteiger partial charge in [-0.1, -0.05) is 12.8 Å². The molecule has 0 aliphatic heterocycles. The van der Waals surface area contributed by atoms with Crippen LogP contribution in [0, 0.1) is 0 Å². The highest BCUT2D eigenvalue weighted by Gasteiger charge is 2.15. The molecule has 1 aromatic carbocycles. The second kappa shape index (κ2) is 9.96. The summed E-state index contributed by atoms with van der Waals surface area (Å²) < 4.78 is 5.26. The predicted molar refractivity (Wildman–Crippen MR) is 98.2 cm³/mol. The Morgan fingerprint density at radius 1 is 0.917 bits per heavy atom. The molecule has 1 amide bonds. The van der Waals surface area contributed by atoms with Crippen molar-refractivity contribution in [2.24, 2.45) is 0 Å². The summed E-state index contributed by atoms with van der Waals surface area (Å²) in [7, 11) is 1.86. The van der Waals surface area contributed by atoms with Gasteiger partial charge >= 0.3 is 5.97 Å².